The zero-order chi connectivity index (χ0) is 18.3. The Balaban J connectivity index is 2.26. The highest BCUT2D eigenvalue weighted by Gasteiger charge is 2.48. The summed E-state index contributed by atoms with van der Waals surface area (Å²) < 4.78 is 0. The van der Waals surface area contributed by atoms with Gasteiger partial charge in [0.2, 0.25) is 0 Å². The molecule has 2 rings (SSSR count). The monoisotopic (exact) mass is 331 g/mol. The van der Waals surface area contributed by atoms with Crippen LogP contribution in [-0.4, -0.2) is 33.8 Å². The van der Waals surface area contributed by atoms with Crippen molar-refractivity contribution < 1.29 is 9.59 Å². The zero-order valence-electron chi connectivity index (χ0n) is 15.6. The number of nitrogens with two attached hydrogens (primary N) is 1. The molecule has 1 saturated heterocycles. The minimum atomic E-state index is -0.597. The molecule has 5 nitrogen and oxygen atoms in total. The molecule has 5 heteroatoms. The zero-order valence-corrected chi connectivity index (χ0v) is 15.6. The van der Waals surface area contributed by atoms with Crippen LogP contribution in [-0.2, 0) is 9.59 Å². The van der Waals surface area contributed by atoms with Gasteiger partial charge in [0.25, 0.3) is 0 Å². The van der Waals surface area contributed by atoms with Crippen LogP contribution >= 0.6 is 0 Å². The maximum Gasteiger partial charge on any atom is 0.313 e. The van der Waals surface area contributed by atoms with Crippen LogP contribution in [0.1, 0.15) is 51.7 Å². The maximum absolute atomic E-state index is 12.9. The highest BCUT2D eigenvalue weighted by molar-refractivity contribution is 6.40. The molecule has 24 heavy (non-hydrogen) atoms. The van der Waals surface area contributed by atoms with E-state index in [4.69, 9.17) is 5.73 Å². The molecule has 3 N–H and O–H groups in total. The summed E-state index contributed by atoms with van der Waals surface area (Å²) in [7, 11) is 0. The second-order valence-electron chi connectivity index (χ2n) is 8.21. The van der Waals surface area contributed by atoms with Gasteiger partial charge in [-0.05, 0) is 71.6 Å². The Bertz CT molecular complexity index is 647. The first-order valence-corrected chi connectivity index (χ1v) is 8.42. The summed E-state index contributed by atoms with van der Waals surface area (Å²) in [5.41, 5.74) is 7.87. The van der Waals surface area contributed by atoms with Crippen molar-refractivity contribution in [3.8, 4) is 0 Å². The van der Waals surface area contributed by atoms with E-state index in [1.165, 1.54) is 0 Å². The number of piperidine rings is 1. The van der Waals surface area contributed by atoms with Crippen LogP contribution in [0.3, 0.4) is 0 Å². The SMILES string of the molecule is Cc1ccc(C)c(NC(=O)C(=O)N2C(C)(C)CC(N)CC2(C)C)c1. The molecule has 1 heterocycles. The number of aryl methyl sites for hydroxylation is 2. The summed E-state index contributed by atoms with van der Waals surface area (Å²) >= 11 is 0. The summed E-state index contributed by atoms with van der Waals surface area (Å²) in [6.07, 6.45) is 1.36. The lowest BCUT2D eigenvalue weighted by atomic mass is 9.77. The Kier molecular flexibility index (Phi) is 4.77. The number of hydrogen-bond acceptors (Lipinski definition) is 3. The van der Waals surface area contributed by atoms with Gasteiger partial charge < -0.3 is 16.0 Å². The van der Waals surface area contributed by atoms with Crippen molar-refractivity contribution in [1.82, 2.24) is 4.90 Å². The van der Waals surface area contributed by atoms with Crippen molar-refractivity contribution in [2.75, 3.05) is 5.32 Å². The summed E-state index contributed by atoms with van der Waals surface area (Å²) in [6.45, 7) is 11.7. The van der Waals surface area contributed by atoms with E-state index in [1.807, 2.05) is 59.7 Å². The number of rotatable bonds is 1. The van der Waals surface area contributed by atoms with E-state index in [1.54, 1.807) is 4.90 Å². The first-order valence-electron chi connectivity index (χ1n) is 8.42. The number of carbonyl (C=O) groups excluding carboxylic acids is 2. The topological polar surface area (TPSA) is 75.4 Å². The molecule has 0 atom stereocenters. The molecule has 1 aromatic carbocycles. The van der Waals surface area contributed by atoms with Gasteiger partial charge >= 0.3 is 11.8 Å². The van der Waals surface area contributed by atoms with Crippen molar-refractivity contribution in [2.45, 2.75) is 71.5 Å². The average molecular weight is 331 g/mol. The molecule has 0 unspecified atom stereocenters. The minimum absolute atomic E-state index is 0.0288. The smallest absolute Gasteiger partial charge is 0.313 e. The minimum Gasteiger partial charge on any atom is -0.328 e. The lowest BCUT2D eigenvalue weighted by Gasteiger charge is -2.54. The van der Waals surface area contributed by atoms with Crippen LogP contribution in [0.25, 0.3) is 0 Å². The van der Waals surface area contributed by atoms with E-state index in [9.17, 15) is 9.59 Å². The number of benzene rings is 1. The van der Waals surface area contributed by atoms with Gasteiger partial charge in [0.05, 0.1) is 0 Å². The van der Waals surface area contributed by atoms with Crippen LogP contribution < -0.4 is 11.1 Å². The van der Waals surface area contributed by atoms with Gasteiger partial charge in [-0.2, -0.15) is 0 Å². The van der Waals surface area contributed by atoms with E-state index >= 15 is 0 Å². The van der Waals surface area contributed by atoms with Crippen LogP contribution in [0.5, 0.6) is 0 Å². The van der Waals surface area contributed by atoms with Crippen molar-refractivity contribution >= 4 is 17.5 Å². The Morgan fingerprint density at radius 2 is 1.67 bits per heavy atom. The third kappa shape index (κ3) is 3.61. The molecular formula is C19H29N3O2. The second-order valence-corrected chi connectivity index (χ2v) is 8.21. The van der Waals surface area contributed by atoms with Crippen molar-refractivity contribution in [3.63, 3.8) is 0 Å². The number of nitrogens with one attached hydrogen (secondary N) is 1. The van der Waals surface area contributed by atoms with Crippen molar-refractivity contribution in [3.05, 3.63) is 29.3 Å². The standard InChI is InChI=1S/C19H29N3O2/c1-12-7-8-13(2)15(9-12)21-16(23)17(24)22-18(3,4)10-14(20)11-19(22,5)6/h7-9,14H,10-11,20H2,1-6H3,(H,21,23). The number of hydrogen-bond donors (Lipinski definition) is 2. The third-order valence-corrected chi connectivity index (χ3v) is 4.77. The van der Waals surface area contributed by atoms with Gasteiger partial charge in [-0.3, -0.25) is 9.59 Å². The fraction of sp³-hybridized carbons (Fsp3) is 0.579. The molecule has 132 valence electrons. The number of likely N-dealkylation sites (tertiary alicyclic amines) is 1. The Labute approximate surface area is 144 Å². The van der Waals surface area contributed by atoms with E-state index in [0.717, 1.165) is 11.1 Å². The maximum atomic E-state index is 12.9. The Morgan fingerprint density at radius 3 is 2.21 bits per heavy atom. The molecule has 1 aliphatic rings. The molecule has 0 aliphatic carbocycles. The molecule has 1 fully saturated rings. The summed E-state index contributed by atoms with van der Waals surface area (Å²) in [5.74, 6) is -1.10. The molecule has 0 spiro atoms. The highest BCUT2D eigenvalue weighted by Crippen LogP contribution is 2.38. The van der Waals surface area contributed by atoms with Gasteiger partial charge in [-0.1, -0.05) is 12.1 Å². The average Bonchev–Trinajstić information content (AvgIpc) is 2.39. The van der Waals surface area contributed by atoms with E-state index < -0.39 is 22.9 Å². The van der Waals surface area contributed by atoms with Crippen LogP contribution in [0.2, 0.25) is 0 Å². The molecule has 1 aliphatic heterocycles. The van der Waals surface area contributed by atoms with Gasteiger partial charge in [0.1, 0.15) is 0 Å². The van der Waals surface area contributed by atoms with E-state index in [0.29, 0.717) is 18.5 Å². The summed E-state index contributed by atoms with van der Waals surface area (Å²) in [6, 6.07) is 5.82. The lowest BCUT2D eigenvalue weighted by Crippen LogP contribution is -2.66. The fourth-order valence-electron chi connectivity index (χ4n) is 4.05. The van der Waals surface area contributed by atoms with Gasteiger partial charge in [0, 0.05) is 22.8 Å². The van der Waals surface area contributed by atoms with Crippen LogP contribution in [0.4, 0.5) is 5.69 Å². The fourth-order valence-corrected chi connectivity index (χ4v) is 4.05. The van der Waals surface area contributed by atoms with Gasteiger partial charge in [-0.15, -0.1) is 0 Å². The number of anilines is 1. The van der Waals surface area contributed by atoms with E-state index in [2.05, 4.69) is 5.32 Å². The van der Waals surface area contributed by atoms with E-state index in [-0.39, 0.29) is 6.04 Å². The second kappa shape index (κ2) is 6.20. The molecule has 0 aromatic heterocycles. The number of amides is 2. The largest absolute Gasteiger partial charge is 0.328 e. The summed E-state index contributed by atoms with van der Waals surface area (Å²) in [4.78, 5) is 27.2. The summed E-state index contributed by atoms with van der Waals surface area (Å²) in [5, 5.41) is 2.77. The predicted molar refractivity (Wildman–Crippen MR) is 96.8 cm³/mol. The van der Waals surface area contributed by atoms with Gasteiger partial charge in [0.15, 0.2) is 0 Å². The lowest BCUT2D eigenvalue weighted by molar-refractivity contribution is -0.156. The van der Waals surface area contributed by atoms with Crippen molar-refractivity contribution in [1.29, 1.82) is 0 Å². The normalized spacial score (nSPS) is 19.9. The predicted octanol–water partition coefficient (Wildman–Crippen LogP) is 2.75. The molecule has 2 amide bonds. The molecule has 1 aromatic rings. The Hall–Kier alpha value is -1.88. The third-order valence-electron chi connectivity index (χ3n) is 4.77. The quantitative estimate of drug-likeness (QED) is 0.777. The first-order chi connectivity index (χ1) is 10.9. The van der Waals surface area contributed by atoms with Crippen molar-refractivity contribution in [2.24, 2.45) is 5.73 Å². The molecule has 0 bridgehead atoms. The number of carbonyl (C=O) groups is 2. The molecule has 0 saturated carbocycles. The van der Waals surface area contributed by atoms with Crippen LogP contribution in [0.15, 0.2) is 18.2 Å². The van der Waals surface area contributed by atoms with Crippen LogP contribution in [0, 0.1) is 13.8 Å². The molecular weight excluding hydrogens is 302 g/mol. The first kappa shape index (κ1) is 18.5. The molecule has 0 radical (unpaired) electrons. The number of nitrogens with zero attached hydrogens (tertiary/aromatic N) is 1. The van der Waals surface area contributed by atoms with Gasteiger partial charge in [-0.25, -0.2) is 0 Å². The highest BCUT2D eigenvalue weighted by atomic mass is 16.2. The Morgan fingerprint density at radius 1 is 1.12 bits per heavy atom.